The number of hydrogen-bond acceptors (Lipinski definition) is 3. The van der Waals surface area contributed by atoms with Crippen molar-refractivity contribution in [2.45, 2.75) is 6.92 Å². The van der Waals surface area contributed by atoms with Crippen LogP contribution in [0.3, 0.4) is 0 Å². The quantitative estimate of drug-likeness (QED) is 0.739. The average Bonchev–Trinajstić information content (AvgIpc) is 2.18. The van der Waals surface area contributed by atoms with Crippen molar-refractivity contribution in [1.82, 2.24) is 9.97 Å². The second-order valence-corrected chi connectivity index (χ2v) is 3.14. The minimum atomic E-state index is 0.450. The molecule has 3 heteroatoms. The van der Waals surface area contributed by atoms with Crippen LogP contribution in [-0.4, -0.2) is 9.97 Å². The first-order chi connectivity index (χ1) is 6.77. The smallest absolute Gasteiger partial charge is 0.142 e. The Labute approximate surface area is 82.6 Å². The molecule has 2 rings (SSSR count). The van der Waals surface area contributed by atoms with Gasteiger partial charge in [0.05, 0.1) is 18.1 Å². The molecule has 1 heterocycles. The summed E-state index contributed by atoms with van der Waals surface area (Å²) in [7, 11) is 0. The van der Waals surface area contributed by atoms with Crippen LogP contribution in [0.4, 0.5) is 5.82 Å². The summed E-state index contributed by atoms with van der Waals surface area (Å²) in [5.74, 6) is 0.450. The molecule has 0 aliphatic heterocycles. The monoisotopic (exact) mass is 185 g/mol. The van der Waals surface area contributed by atoms with Gasteiger partial charge >= 0.3 is 0 Å². The highest BCUT2D eigenvalue weighted by molar-refractivity contribution is 5.63. The Morgan fingerprint density at radius 3 is 2.64 bits per heavy atom. The van der Waals surface area contributed by atoms with Crippen molar-refractivity contribution >= 4 is 5.82 Å². The van der Waals surface area contributed by atoms with Gasteiger partial charge in [0.15, 0.2) is 0 Å². The predicted molar refractivity (Wildman–Crippen MR) is 56.6 cm³/mol. The van der Waals surface area contributed by atoms with E-state index >= 15 is 0 Å². The number of aryl methyl sites for hydroxylation is 1. The van der Waals surface area contributed by atoms with Gasteiger partial charge < -0.3 is 5.73 Å². The van der Waals surface area contributed by atoms with E-state index < -0.39 is 0 Å². The van der Waals surface area contributed by atoms with Crippen molar-refractivity contribution in [1.29, 1.82) is 0 Å². The van der Waals surface area contributed by atoms with Gasteiger partial charge in [0.25, 0.3) is 0 Å². The lowest BCUT2D eigenvalue weighted by Gasteiger charge is -2.04. The fraction of sp³-hybridized carbons (Fsp3) is 0.0909. The van der Waals surface area contributed by atoms with Gasteiger partial charge in [-0.1, -0.05) is 24.3 Å². The van der Waals surface area contributed by atoms with Crippen LogP contribution in [0, 0.1) is 6.92 Å². The van der Waals surface area contributed by atoms with E-state index in [9.17, 15) is 0 Å². The Morgan fingerprint density at radius 1 is 1.14 bits per heavy atom. The van der Waals surface area contributed by atoms with Gasteiger partial charge in [-0.2, -0.15) is 0 Å². The Morgan fingerprint density at radius 2 is 1.93 bits per heavy atom. The summed E-state index contributed by atoms with van der Waals surface area (Å²) < 4.78 is 0. The largest absolute Gasteiger partial charge is 0.382 e. The summed E-state index contributed by atoms with van der Waals surface area (Å²) >= 11 is 0. The van der Waals surface area contributed by atoms with E-state index in [2.05, 4.69) is 9.97 Å². The molecule has 0 radical (unpaired) electrons. The molecule has 0 aliphatic carbocycles. The van der Waals surface area contributed by atoms with Crippen molar-refractivity contribution in [2.75, 3.05) is 5.73 Å². The lowest BCUT2D eigenvalue weighted by Crippen LogP contribution is -1.94. The minimum Gasteiger partial charge on any atom is -0.382 e. The van der Waals surface area contributed by atoms with Gasteiger partial charge in [0.2, 0.25) is 0 Å². The van der Waals surface area contributed by atoms with E-state index in [-0.39, 0.29) is 0 Å². The van der Waals surface area contributed by atoms with Gasteiger partial charge in [-0.05, 0) is 12.5 Å². The van der Waals surface area contributed by atoms with E-state index in [4.69, 9.17) is 5.73 Å². The molecule has 0 aliphatic rings. The molecule has 70 valence electrons. The normalized spacial score (nSPS) is 10.1. The summed E-state index contributed by atoms with van der Waals surface area (Å²) in [4.78, 5) is 8.23. The zero-order valence-electron chi connectivity index (χ0n) is 7.94. The third-order valence-corrected chi connectivity index (χ3v) is 2.07. The number of anilines is 1. The van der Waals surface area contributed by atoms with Crippen molar-refractivity contribution in [3.8, 4) is 11.3 Å². The molecule has 0 unspecified atom stereocenters. The van der Waals surface area contributed by atoms with Crippen molar-refractivity contribution < 1.29 is 0 Å². The Balaban J connectivity index is 2.55. The van der Waals surface area contributed by atoms with E-state index in [1.54, 1.807) is 12.4 Å². The second-order valence-electron chi connectivity index (χ2n) is 3.14. The van der Waals surface area contributed by atoms with Crippen LogP contribution in [0.25, 0.3) is 11.3 Å². The van der Waals surface area contributed by atoms with Gasteiger partial charge in [-0.3, -0.25) is 4.98 Å². The molecule has 2 aromatic rings. The summed E-state index contributed by atoms with van der Waals surface area (Å²) in [6, 6.07) is 8.03. The zero-order chi connectivity index (χ0) is 9.97. The van der Waals surface area contributed by atoms with Gasteiger partial charge in [0.1, 0.15) is 5.82 Å². The first-order valence-corrected chi connectivity index (χ1v) is 4.41. The topological polar surface area (TPSA) is 51.8 Å². The molecule has 3 nitrogen and oxygen atoms in total. The van der Waals surface area contributed by atoms with Crippen molar-refractivity contribution in [3.05, 3.63) is 42.2 Å². The van der Waals surface area contributed by atoms with Crippen molar-refractivity contribution in [3.63, 3.8) is 0 Å². The Kier molecular flexibility index (Phi) is 2.14. The number of hydrogen-bond donors (Lipinski definition) is 1. The fourth-order valence-corrected chi connectivity index (χ4v) is 1.37. The maximum atomic E-state index is 5.57. The number of aromatic nitrogens is 2. The van der Waals surface area contributed by atoms with Crippen LogP contribution < -0.4 is 5.73 Å². The molecule has 2 N–H and O–H groups in total. The summed E-state index contributed by atoms with van der Waals surface area (Å²) in [5, 5.41) is 0. The molecule has 0 saturated carbocycles. The third kappa shape index (κ3) is 1.57. The van der Waals surface area contributed by atoms with Gasteiger partial charge in [-0.25, -0.2) is 4.98 Å². The van der Waals surface area contributed by atoms with E-state index in [0.29, 0.717) is 5.82 Å². The SMILES string of the molecule is Cc1ccccc1-c1cncc(N)n1. The molecule has 1 aromatic heterocycles. The van der Waals surface area contributed by atoms with E-state index in [1.807, 2.05) is 31.2 Å². The number of nitrogens with two attached hydrogens (primary N) is 1. The number of nitrogens with zero attached hydrogens (tertiary/aromatic N) is 2. The number of rotatable bonds is 1. The maximum absolute atomic E-state index is 5.57. The minimum absolute atomic E-state index is 0.450. The molecule has 0 spiro atoms. The molecule has 0 fully saturated rings. The first kappa shape index (κ1) is 8.69. The molecule has 0 bridgehead atoms. The third-order valence-electron chi connectivity index (χ3n) is 2.07. The highest BCUT2D eigenvalue weighted by Gasteiger charge is 2.02. The van der Waals surface area contributed by atoms with Crippen LogP contribution in [-0.2, 0) is 0 Å². The molecule has 0 saturated heterocycles. The lowest BCUT2D eigenvalue weighted by molar-refractivity contribution is 1.21. The van der Waals surface area contributed by atoms with Crippen LogP contribution >= 0.6 is 0 Å². The van der Waals surface area contributed by atoms with E-state index in [0.717, 1.165) is 11.3 Å². The Hall–Kier alpha value is -1.90. The maximum Gasteiger partial charge on any atom is 0.142 e. The van der Waals surface area contributed by atoms with Crippen LogP contribution in [0.2, 0.25) is 0 Å². The molecular weight excluding hydrogens is 174 g/mol. The van der Waals surface area contributed by atoms with Crippen LogP contribution in [0.1, 0.15) is 5.56 Å². The van der Waals surface area contributed by atoms with Crippen LogP contribution in [0.15, 0.2) is 36.7 Å². The molecule has 0 atom stereocenters. The molecule has 14 heavy (non-hydrogen) atoms. The fourth-order valence-electron chi connectivity index (χ4n) is 1.37. The summed E-state index contributed by atoms with van der Waals surface area (Å²) in [5.41, 5.74) is 8.64. The van der Waals surface area contributed by atoms with Gasteiger partial charge in [-0.15, -0.1) is 0 Å². The predicted octanol–water partition coefficient (Wildman–Crippen LogP) is 2.03. The number of benzene rings is 1. The zero-order valence-corrected chi connectivity index (χ0v) is 7.94. The standard InChI is InChI=1S/C11H11N3/c1-8-4-2-3-5-9(8)10-6-13-7-11(12)14-10/h2-7H,1H3,(H2,12,14). The first-order valence-electron chi connectivity index (χ1n) is 4.41. The number of nitrogen functional groups attached to an aromatic ring is 1. The van der Waals surface area contributed by atoms with Gasteiger partial charge in [0, 0.05) is 5.56 Å². The van der Waals surface area contributed by atoms with Crippen LogP contribution in [0.5, 0.6) is 0 Å². The average molecular weight is 185 g/mol. The summed E-state index contributed by atoms with van der Waals surface area (Å²) in [6.45, 7) is 2.04. The highest BCUT2D eigenvalue weighted by Crippen LogP contribution is 2.20. The lowest BCUT2D eigenvalue weighted by atomic mass is 10.1. The summed E-state index contributed by atoms with van der Waals surface area (Å²) in [6.07, 6.45) is 3.26. The highest BCUT2D eigenvalue weighted by atomic mass is 14.9. The van der Waals surface area contributed by atoms with Crippen molar-refractivity contribution in [2.24, 2.45) is 0 Å². The Bertz CT molecular complexity index is 452. The molecular formula is C11H11N3. The second kappa shape index (κ2) is 3.46. The molecule has 0 amide bonds. The molecule has 1 aromatic carbocycles. The van der Waals surface area contributed by atoms with E-state index in [1.165, 1.54) is 5.56 Å².